The Morgan fingerprint density at radius 1 is 0.974 bits per heavy atom. The van der Waals surface area contributed by atoms with Gasteiger partial charge in [0.15, 0.2) is 6.10 Å². The number of ether oxygens (including phenoxy) is 3. The molecule has 2 rings (SSSR count). The van der Waals surface area contributed by atoms with Gasteiger partial charge in [-0.3, -0.25) is 0 Å². The number of benzene rings is 2. The Morgan fingerprint density at radius 2 is 1.63 bits per heavy atom. The molecular weight excluding hydrogens is 523 g/mol. The fraction of sp³-hybridized carbons (Fsp3) is 0.481. The molecular formula is C27H34F3NO6S. The number of rotatable bonds is 16. The number of carbonyl (C=O) groups is 2. The Kier molecular flexibility index (Phi) is 13.3. The minimum Gasteiger partial charge on any atom is -0.492 e. The van der Waals surface area contributed by atoms with Crippen molar-refractivity contribution in [1.29, 1.82) is 0 Å². The van der Waals surface area contributed by atoms with Gasteiger partial charge >= 0.3 is 18.2 Å². The minimum atomic E-state index is -4.47. The largest absolute Gasteiger partial charge is 0.492 e. The second-order valence-corrected chi connectivity index (χ2v) is 9.55. The first-order valence-electron chi connectivity index (χ1n) is 12.4. The second kappa shape index (κ2) is 16.1. The molecule has 0 aliphatic heterocycles. The summed E-state index contributed by atoms with van der Waals surface area (Å²) in [6.07, 6.45) is -4.05. The number of carboxylic acids is 1. The molecule has 1 amide bonds. The highest BCUT2D eigenvalue weighted by Crippen LogP contribution is 2.30. The van der Waals surface area contributed by atoms with E-state index in [4.69, 9.17) is 14.2 Å². The van der Waals surface area contributed by atoms with Gasteiger partial charge in [0.25, 0.3) is 0 Å². The molecule has 2 aromatic rings. The third-order valence-electron chi connectivity index (χ3n) is 5.33. The van der Waals surface area contributed by atoms with Gasteiger partial charge in [-0.05, 0) is 73.2 Å². The van der Waals surface area contributed by atoms with Crippen LogP contribution in [0.3, 0.4) is 0 Å². The number of thioether (sulfide) groups is 1. The van der Waals surface area contributed by atoms with Gasteiger partial charge in [0, 0.05) is 19.6 Å². The summed E-state index contributed by atoms with van der Waals surface area (Å²) in [5.41, 5.74) is -0.0394. The molecule has 0 spiro atoms. The molecule has 0 aliphatic carbocycles. The maximum atomic E-state index is 12.8. The first-order chi connectivity index (χ1) is 18.1. The maximum absolute atomic E-state index is 12.8. The van der Waals surface area contributed by atoms with E-state index in [1.54, 1.807) is 43.0 Å². The number of carboxylic acid groups (broad SMARTS) is 1. The summed E-state index contributed by atoms with van der Waals surface area (Å²) in [6, 6.07) is 10.9. The van der Waals surface area contributed by atoms with Crippen LogP contribution in [-0.2, 0) is 22.1 Å². The molecule has 0 heterocycles. The minimum absolute atomic E-state index is 0.0246. The van der Waals surface area contributed by atoms with Gasteiger partial charge in [-0.25, -0.2) is 9.59 Å². The Hall–Kier alpha value is -2.92. The van der Waals surface area contributed by atoms with E-state index >= 15 is 0 Å². The van der Waals surface area contributed by atoms with Crippen molar-refractivity contribution < 1.29 is 42.1 Å². The smallest absolute Gasteiger partial charge is 0.416 e. The number of hydrogen-bond acceptors (Lipinski definition) is 6. The van der Waals surface area contributed by atoms with E-state index in [2.05, 4.69) is 6.92 Å². The van der Waals surface area contributed by atoms with Crippen molar-refractivity contribution in [3.63, 3.8) is 0 Å². The second-order valence-electron chi connectivity index (χ2n) is 8.32. The molecule has 0 aliphatic rings. The van der Waals surface area contributed by atoms with Gasteiger partial charge in [0.1, 0.15) is 18.1 Å². The normalized spacial score (nSPS) is 12.1. The van der Waals surface area contributed by atoms with Crippen LogP contribution in [-0.4, -0.2) is 66.0 Å². The number of aliphatic carboxylic acids is 1. The molecule has 0 aromatic heterocycles. The number of carbonyl (C=O) groups excluding carboxylic acids is 1. The molecule has 0 fully saturated rings. The van der Waals surface area contributed by atoms with Crippen LogP contribution in [0, 0.1) is 0 Å². The first kappa shape index (κ1) is 31.3. The summed E-state index contributed by atoms with van der Waals surface area (Å²) in [6.45, 7) is 4.92. The average Bonchev–Trinajstić information content (AvgIpc) is 2.88. The zero-order valence-corrected chi connectivity index (χ0v) is 22.4. The van der Waals surface area contributed by atoms with Crippen molar-refractivity contribution in [3.8, 4) is 11.5 Å². The van der Waals surface area contributed by atoms with Crippen molar-refractivity contribution in [2.24, 2.45) is 0 Å². The van der Waals surface area contributed by atoms with Crippen LogP contribution in [0.5, 0.6) is 11.5 Å². The number of nitrogens with zero attached hydrogens (tertiary/aromatic N) is 1. The molecule has 11 heteroatoms. The number of halogens is 3. The Bertz CT molecular complexity index is 986. The van der Waals surface area contributed by atoms with Gasteiger partial charge in [0.05, 0.1) is 12.1 Å². The van der Waals surface area contributed by atoms with Crippen molar-refractivity contribution in [2.75, 3.05) is 37.8 Å². The molecule has 0 saturated heterocycles. The Labute approximate surface area is 225 Å². The van der Waals surface area contributed by atoms with E-state index in [1.807, 2.05) is 0 Å². The molecule has 210 valence electrons. The predicted octanol–water partition coefficient (Wildman–Crippen LogP) is 6.15. The zero-order valence-electron chi connectivity index (χ0n) is 21.5. The summed E-state index contributed by atoms with van der Waals surface area (Å²) < 4.78 is 54.7. The first-order valence-corrected chi connectivity index (χ1v) is 13.6. The summed E-state index contributed by atoms with van der Waals surface area (Å²) in [5, 5.41) is 9.24. The zero-order chi connectivity index (χ0) is 28.0. The molecule has 0 saturated carbocycles. The highest BCUT2D eigenvalue weighted by molar-refractivity contribution is 7.99. The van der Waals surface area contributed by atoms with Gasteiger partial charge in [-0.2, -0.15) is 24.9 Å². The van der Waals surface area contributed by atoms with E-state index in [0.29, 0.717) is 18.9 Å². The van der Waals surface area contributed by atoms with Crippen LogP contribution in [0.25, 0.3) is 0 Å². The lowest BCUT2D eigenvalue weighted by molar-refractivity contribution is -0.150. The average molecular weight is 558 g/mol. The molecule has 1 unspecified atom stereocenters. The van der Waals surface area contributed by atoms with E-state index in [9.17, 15) is 27.9 Å². The van der Waals surface area contributed by atoms with E-state index in [0.717, 1.165) is 54.2 Å². The van der Waals surface area contributed by atoms with Crippen LogP contribution >= 0.6 is 11.8 Å². The van der Waals surface area contributed by atoms with Gasteiger partial charge in [-0.1, -0.05) is 19.1 Å². The van der Waals surface area contributed by atoms with E-state index in [1.165, 1.54) is 4.90 Å². The standard InChI is InChI=1S/C27H34F3NO6S/c1-3-17-38-18-5-14-31(26(34)37-23-12-8-21(9-13-23)27(28,29)30)15-16-36-22-10-6-20(7-11-22)19-24(25(32)33)35-4-2/h6-13,24H,3-5,14-19H2,1-2H3,(H,32,33). The Morgan fingerprint density at radius 3 is 2.21 bits per heavy atom. The van der Waals surface area contributed by atoms with Crippen molar-refractivity contribution >= 4 is 23.8 Å². The fourth-order valence-corrected chi connectivity index (χ4v) is 4.23. The molecule has 1 N–H and O–H groups in total. The summed E-state index contributed by atoms with van der Waals surface area (Å²) in [7, 11) is 0. The molecule has 7 nitrogen and oxygen atoms in total. The topological polar surface area (TPSA) is 85.3 Å². The monoisotopic (exact) mass is 557 g/mol. The van der Waals surface area contributed by atoms with Crippen molar-refractivity contribution in [3.05, 3.63) is 59.7 Å². The van der Waals surface area contributed by atoms with Crippen LogP contribution < -0.4 is 9.47 Å². The lowest BCUT2D eigenvalue weighted by Crippen LogP contribution is -2.37. The SMILES string of the molecule is CCCSCCCN(CCOc1ccc(CC(OCC)C(=O)O)cc1)C(=O)Oc1ccc(C(F)(F)F)cc1. The van der Waals surface area contributed by atoms with E-state index in [-0.39, 0.29) is 25.3 Å². The lowest BCUT2D eigenvalue weighted by Gasteiger charge is -2.22. The molecule has 2 aromatic carbocycles. The highest BCUT2D eigenvalue weighted by Gasteiger charge is 2.30. The van der Waals surface area contributed by atoms with Crippen LogP contribution in [0.15, 0.2) is 48.5 Å². The molecule has 38 heavy (non-hydrogen) atoms. The van der Waals surface area contributed by atoms with Gasteiger partial charge in [-0.15, -0.1) is 0 Å². The fourth-order valence-electron chi connectivity index (χ4n) is 3.40. The van der Waals surface area contributed by atoms with E-state index < -0.39 is 29.9 Å². The van der Waals surface area contributed by atoms with Crippen molar-refractivity contribution in [2.45, 2.75) is 45.4 Å². The lowest BCUT2D eigenvalue weighted by atomic mass is 10.1. The highest BCUT2D eigenvalue weighted by atomic mass is 32.2. The third-order valence-corrected chi connectivity index (χ3v) is 6.60. The quantitative estimate of drug-likeness (QED) is 0.248. The van der Waals surface area contributed by atoms with Crippen molar-refractivity contribution in [1.82, 2.24) is 4.90 Å². The summed E-state index contributed by atoms with van der Waals surface area (Å²) in [4.78, 5) is 25.5. The van der Waals surface area contributed by atoms with Gasteiger partial charge < -0.3 is 24.2 Å². The summed E-state index contributed by atoms with van der Waals surface area (Å²) in [5.74, 6) is 1.43. The number of alkyl halides is 3. The molecule has 0 radical (unpaired) electrons. The maximum Gasteiger partial charge on any atom is 0.416 e. The Balaban J connectivity index is 1.94. The van der Waals surface area contributed by atoms with Gasteiger partial charge in [0.2, 0.25) is 0 Å². The molecule has 0 bridgehead atoms. The molecule has 1 atom stereocenters. The van der Waals surface area contributed by atoms with Crippen LogP contribution in [0.4, 0.5) is 18.0 Å². The number of amides is 1. The third kappa shape index (κ3) is 11.2. The van der Waals surface area contributed by atoms with Crippen LogP contribution in [0.2, 0.25) is 0 Å². The van der Waals surface area contributed by atoms with Crippen LogP contribution in [0.1, 0.15) is 37.8 Å². The number of hydrogen-bond donors (Lipinski definition) is 1. The summed E-state index contributed by atoms with van der Waals surface area (Å²) >= 11 is 1.78. The predicted molar refractivity (Wildman–Crippen MR) is 140 cm³/mol.